The lowest BCUT2D eigenvalue weighted by molar-refractivity contribution is -0.125. The van der Waals surface area contributed by atoms with Gasteiger partial charge in [-0.1, -0.05) is 0 Å². The molecule has 0 bridgehead atoms. The fourth-order valence-corrected chi connectivity index (χ4v) is 0.854. The zero-order chi connectivity index (χ0) is 11.5. The average molecular weight is 210 g/mol. The lowest BCUT2D eigenvalue weighted by atomic mass is 9.93. The summed E-state index contributed by atoms with van der Waals surface area (Å²) in [4.78, 5) is 26.1. The number of hydrogen-bond donors (Lipinski definition) is 2. The molecule has 0 aliphatic carbocycles. The van der Waals surface area contributed by atoms with Gasteiger partial charge in [0.1, 0.15) is 6.33 Å². The molecule has 3 N–H and O–H groups in total. The maximum Gasteiger partial charge on any atom is 0.326 e. The Morgan fingerprint density at radius 2 is 2.20 bits per heavy atom. The molecule has 1 heterocycles. The molecule has 82 valence electrons. The van der Waals surface area contributed by atoms with Gasteiger partial charge in [0.15, 0.2) is 0 Å². The summed E-state index contributed by atoms with van der Waals surface area (Å²) in [6.45, 7) is 3.53. The van der Waals surface area contributed by atoms with E-state index in [1.165, 1.54) is 23.3 Å². The van der Waals surface area contributed by atoms with Crippen LogP contribution in [-0.2, 0) is 4.79 Å². The maximum absolute atomic E-state index is 11.4. The lowest BCUT2D eigenvalue weighted by Gasteiger charge is -2.20. The minimum Gasteiger partial charge on any atom is -0.369 e. The highest BCUT2D eigenvalue weighted by Gasteiger charge is 2.25. The van der Waals surface area contributed by atoms with Gasteiger partial charge in [-0.05, 0) is 13.8 Å². The Hall–Kier alpha value is -1.85. The third-order valence-electron chi connectivity index (χ3n) is 2.09. The predicted molar refractivity (Wildman–Crippen MR) is 54.0 cm³/mol. The molecule has 0 radical (unpaired) electrons. The van der Waals surface area contributed by atoms with Gasteiger partial charge in [-0.25, -0.2) is 9.78 Å². The molecule has 0 saturated carbocycles. The van der Waals surface area contributed by atoms with Crippen molar-refractivity contribution in [3.05, 3.63) is 18.7 Å². The summed E-state index contributed by atoms with van der Waals surface area (Å²) in [5.41, 5.74) is 4.41. The van der Waals surface area contributed by atoms with E-state index >= 15 is 0 Å². The highest BCUT2D eigenvalue weighted by Crippen LogP contribution is 2.11. The van der Waals surface area contributed by atoms with E-state index in [1.54, 1.807) is 13.8 Å². The van der Waals surface area contributed by atoms with Crippen molar-refractivity contribution < 1.29 is 9.59 Å². The van der Waals surface area contributed by atoms with Gasteiger partial charge >= 0.3 is 6.03 Å². The van der Waals surface area contributed by atoms with Gasteiger partial charge in [0.2, 0.25) is 5.91 Å². The van der Waals surface area contributed by atoms with Crippen molar-refractivity contribution in [2.75, 3.05) is 6.54 Å². The summed E-state index contributed by atoms with van der Waals surface area (Å²) in [6.07, 6.45) is 4.40. The molecule has 0 aliphatic heterocycles. The Kier molecular flexibility index (Phi) is 3.08. The highest BCUT2D eigenvalue weighted by molar-refractivity contribution is 5.82. The third kappa shape index (κ3) is 2.80. The topological polar surface area (TPSA) is 90.0 Å². The van der Waals surface area contributed by atoms with Crippen molar-refractivity contribution in [2.45, 2.75) is 13.8 Å². The van der Waals surface area contributed by atoms with E-state index in [0.717, 1.165) is 0 Å². The van der Waals surface area contributed by atoms with Gasteiger partial charge in [-0.15, -0.1) is 0 Å². The molecule has 0 fully saturated rings. The van der Waals surface area contributed by atoms with Crippen LogP contribution in [0.4, 0.5) is 4.79 Å². The molecule has 6 nitrogen and oxygen atoms in total. The normalized spacial score (nSPS) is 11.1. The van der Waals surface area contributed by atoms with Gasteiger partial charge in [0.25, 0.3) is 0 Å². The number of carbonyl (C=O) groups is 2. The van der Waals surface area contributed by atoms with Crippen LogP contribution in [-0.4, -0.2) is 28.0 Å². The van der Waals surface area contributed by atoms with Crippen LogP contribution in [0.1, 0.15) is 13.8 Å². The second-order valence-corrected chi connectivity index (χ2v) is 3.88. The van der Waals surface area contributed by atoms with E-state index in [-0.39, 0.29) is 12.6 Å². The smallest absolute Gasteiger partial charge is 0.326 e. The first-order valence-corrected chi connectivity index (χ1v) is 4.49. The average Bonchev–Trinajstić information content (AvgIpc) is 2.66. The number of primary amides is 1. The summed E-state index contributed by atoms with van der Waals surface area (Å²) in [5, 5.41) is 2.59. The van der Waals surface area contributed by atoms with E-state index in [1.807, 2.05) is 0 Å². The van der Waals surface area contributed by atoms with Gasteiger partial charge in [0, 0.05) is 18.9 Å². The van der Waals surface area contributed by atoms with Crippen molar-refractivity contribution in [3.8, 4) is 0 Å². The number of imidazole rings is 1. The lowest BCUT2D eigenvalue weighted by Crippen LogP contribution is -2.43. The minimum atomic E-state index is -0.754. The number of amides is 2. The fraction of sp³-hybridized carbons (Fsp3) is 0.444. The van der Waals surface area contributed by atoms with E-state index in [0.29, 0.717) is 0 Å². The van der Waals surface area contributed by atoms with Crippen LogP contribution in [0.2, 0.25) is 0 Å². The quantitative estimate of drug-likeness (QED) is 0.733. The second-order valence-electron chi connectivity index (χ2n) is 3.88. The Balaban J connectivity index is 2.51. The van der Waals surface area contributed by atoms with E-state index in [4.69, 9.17) is 5.73 Å². The highest BCUT2D eigenvalue weighted by atomic mass is 16.2. The summed E-state index contributed by atoms with van der Waals surface area (Å²) in [5.74, 6) is -0.451. The monoisotopic (exact) mass is 210 g/mol. The first-order chi connectivity index (χ1) is 6.93. The Morgan fingerprint density at radius 3 is 2.67 bits per heavy atom. The van der Waals surface area contributed by atoms with Gasteiger partial charge in [-0.3, -0.25) is 9.36 Å². The van der Waals surface area contributed by atoms with Gasteiger partial charge in [-0.2, -0.15) is 0 Å². The summed E-state index contributed by atoms with van der Waals surface area (Å²) in [6, 6.07) is -0.332. The standard InChI is InChI=1S/C9H14N4O2/c1-9(2,7(10)14)5-12-8(15)13-4-3-11-6-13/h3-4,6H,5H2,1-2H3,(H2,10,14)(H,12,15). The largest absolute Gasteiger partial charge is 0.369 e. The van der Waals surface area contributed by atoms with Crippen LogP contribution in [0.5, 0.6) is 0 Å². The number of carbonyl (C=O) groups excluding carboxylic acids is 2. The zero-order valence-electron chi connectivity index (χ0n) is 8.73. The van der Waals surface area contributed by atoms with Crippen molar-refractivity contribution in [2.24, 2.45) is 11.1 Å². The van der Waals surface area contributed by atoms with E-state index in [9.17, 15) is 9.59 Å². The number of nitrogens with two attached hydrogens (primary N) is 1. The van der Waals surface area contributed by atoms with Crippen LogP contribution >= 0.6 is 0 Å². The summed E-state index contributed by atoms with van der Waals surface area (Å²) >= 11 is 0. The summed E-state index contributed by atoms with van der Waals surface area (Å²) < 4.78 is 1.29. The van der Waals surface area contributed by atoms with Gasteiger partial charge < -0.3 is 11.1 Å². The molecule has 15 heavy (non-hydrogen) atoms. The summed E-state index contributed by atoms with van der Waals surface area (Å²) in [7, 11) is 0. The number of rotatable bonds is 3. The van der Waals surface area contributed by atoms with Crippen molar-refractivity contribution in [3.63, 3.8) is 0 Å². The molecule has 1 aromatic rings. The molecule has 0 unspecified atom stereocenters. The number of aromatic nitrogens is 2. The molecule has 0 spiro atoms. The molecule has 1 rings (SSSR count). The first kappa shape index (κ1) is 11.2. The number of hydrogen-bond acceptors (Lipinski definition) is 3. The van der Waals surface area contributed by atoms with Crippen molar-refractivity contribution >= 4 is 11.9 Å². The fourth-order valence-electron chi connectivity index (χ4n) is 0.854. The SMILES string of the molecule is CC(C)(CNC(=O)n1ccnc1)C(N)=O. The van der Waals surface area contributed by atoms with E-state index < -0.39 is 11.3 Å². The Bertz CT molecular complexity index is 356. The van der Waals surface area contributed by atoms with Crippen LogP contribution in [0.3, 0.4) is 0 Å². The Labute approximate surface area is 87.5 Å². The molecule has 1 aromatic heterocycles. The number of nitrogens with one attached hydrogen (secondary N) is 1. The third-order valence-corrected chi connectivity index (χ3v) is 2.09. The van der Waals surface area contributed by atoms with E-state index in [2.05, 4.69) is 10.3 Å². The second kappa shape index (κ2) is 4.12. The molecule has 0 aliphatic rings. The maximum atomic E-state index is 11.4. The molecule has 0 atom stereocenters. The van der Waals surface area contributed by atoms with Crippen LogP contribution in [0.15, 0.2) is 18.7 Å². The zero-order valence-corrected chi connectivity index (χ0v) is 8.73. The number of nitrogens with zero attached hydrogens (tertiary/aromatic N) is 2. The van der Waals surface area contributed by atoms with Gasteiger partial charge in [0.05, 0.1) is 5.41 Å². The van der Waals surface area contributed by atoms with Crippen molar-refractivity contribution in [1.82, 2.24) is 14.9 Å². The molecule has 2 amide bonds. The predicted octanol–water partition coefficient (Wildman–Crippen LogP) is -0.0477. The Morgan fingerprint density at radius 1 is 1.53 bits per heavy atom. The van der Waals surface area contributed by atoms with Crippen LogP contribution < -0.4 is 11.1 Å². The molecule has 6 heteroatoms. The molecule has 0 saturated heterocycles. The minimum absolute atomic E-state index is 0.194. The first-order valence-electron chi connectivity index (χ1n) is 4.49. The van der Waals surface area contributed by atoms with Crippen LogP contribution in [0, 0.1) is 5.41 Å². The molecular formula is C9H14N4O2. The van der Waals surface area contributed by atoms with Crippen molar-refractivity contribution in [1.29, 1.82) is 0 Å². The molecule has 0 aromatic carbocycles. The molecular weight excluding hydrogens is 196 g/mol. The van der Waals surface area contributed by atoms with Crippen LogP contribution in [0.25, 0.3) is 0 Å².